The summed E-state index contributed by atoms with van der Waals surface area (Å²) in [7, 11) is 2.15. The van der Waals surface area contributed by atoms with Crippen LogP contribution < -0.4 is 4.90 Å². The first-order valence-corrected chi connectivity index (χ1v) is 6.94. The Morgan fingerprint density at radius 3 is 2.68 bits per heavy atom. The lowest BCUT2D eigenvalue weighted by atomic mass is 10.0. The second-order valence-electron chi connectivity index (χ2n) is 5.60. The van der Waals surface area contributed by atoms with Gasteiger partial charge in [0.25, 0.3) is 0 Å². The number of carboxylic acids is 1. The molecule has 1 aliphatic carbocycles. The van der Waals surface area contributed by atoms with Crippen LogP contribution in [0.3, 0.4) is 0 Å². The van der Waals surface area contributed by atoms with Crippen LogP contribution in [0.15, 0.2) is 18.2 Å². The number of anilines is 1. The molecule has 1 aliphatic heterocycles. The zero-order valence-electron chi connectivity index (χ0n) is 11.3. The molecule has 0 bridgehead atoms. The van der Waals surface area contributed by atoms with Gasteiger partial charge in [0, 0.05) is 31.9 Å². The van der Waals surface area contributed by atoms with Gasteiger partial charge in [-0.3, -0.25) is 4.79 Å². The lowest BCUT2D eigenvalue weighted by Gasteiger charge is -2.34. The van der Waals surface area contributed by atoms with Crippen molar-refractivity contribution in [1.29, 1.82) is 0 Å². The van der Waals surface area contributed by atoms with E-state index in [2.05, 4.69) is 29.0 Å². The third-order valence-corrected chi connectivity index (χ3v) is 4.37. The Labute approximate surface area is 113 Å². The van der Waals surface area contributed by atoms with Crippen molar-refractivity contribution in [3.05, 3.63) is 29.3 Å². The third kappa shape index (κ3) is 2.32. The molecule has 0 aromatic heterocycles. The van der Waals surface area contributed by atoms with Crippen molar-refractivity contribution in [2.45, 2.75) is 18.8 Å². The molecule has 102 valence electrons. The van der Waals surface area contributed by atoms with Crippen molar-refractivity contribution >= 4 is 11.7 Å². The summed E-state index contributed by atoms with van der Waals surface area (Å²) in [5.74, 6) is -0.984. The first-order valence-electron chi connectivity index (χ1n) is 6.94. The van der Waals surface area contributed by atoms with Gasteiger partial charge in [0.15, 0.2) is 0 Å². The van der Waals surface area contributed by atoms with E-state index in [1.165, 1.54) is 11.3 Å². The highest BCUT2D eigenvalue weighted by Crippen LogP contribution is 2.35. The number of aliphatic carboxylic acids is 1. The fourth-order valence-corrected chi connectivity index (χ4v) is 3.12. The molecule has 1 aromatic carbocycles. The standard InChI is InChI=1S/C15H20N2O2/c1-16-6-8-17(9-7-16)12-3-5-13-11(10-12)2-4-14(13)15(18)19/h3,5,10,14H,2,4,6-9H2,1H3,(H,18,19). The number of benzene rings is 1. The maximum absolute atomic E-state index is 11.2. The summed E-state index contributed by atoms with van der Waals surface area (Å²) in [5, 5.41) is 9.19. The van der Waals surface area contributed by atoms with Gasteiger partial charge in [0.05, 0.1) is 5.92 Å². The predicted molar refractivity (Wildman–Crippen MR) is 74.8 cm³/mol. The molecule has 1 N–H and O–H groups in total. The molecule has 2 aliphatic rings. The number of hydrogen-bond acceptors (Lipinski definition) is 3. The number of hydrogen-bond donors (Lipinski definition) is 1. The summed E-state index contributed by atoms with van der Waals surface area (Å²) < 4.78 is 0. The Bertz CT molecular complexity index is 493. The van der Waals surface area contributed by atoms with Gasteiger partial charge < -0.3 is 14.9 Å². The molecule has 0 radical (unpaired) electrons. The Morgan fingerprint density at radius 1 is 1.26 bits per heavy atom. The number of fused-ring (bicyclic) bond motifs is 1. The molecule has 0 saturated carbocycles. The number of carbonyl (C=O) groups is 1. The van der Waals surface area contributed by atoms with Crippen LogP contribution in [0.4, 0.5) is 5.69 Å². The summed E-state index contributed by atoms with van der Waals surface area (Å²) in [4.78, 5) is 15.9. The van der Waals surface area contributed by atoms with E-state index in [4.69, 9.17) is 0 Å². The number of aryl methyl sites for hydroxylation is 1. The largest absolute Gasteiger partial charge is 0.481 e. The van der Waals surface area contributed by atoms with Gasteiger partial charge >= 0.3 is 5.97 Å². The quantitative estimate of drug-likeness (QED) is 0.876. The normalized spacial score (nSPS) is 23.4. The van der Waals surface area contributed by atoms with E-state index in [-0.39, 0.29) is 5.92 Å². The molecular formula is C15H20N2O2. The number of piperazine rings is 1. The van der Waals surface area contributed by atoms with Crippen LogP contribution in [0, 0.1) is 0 Å². The van der Waals surface area contributed by atoms with E-state index in [1.54, 1.807) is 0 Å². The minimum absolute atomic E-state index is 0.295. The van der Waals surface area contributed by atoms with Crippen LogP contribution in [-0.4, -0.2) is 49.2 Å². The Morgan fingerprint density at radius 2 is 2.00 bits per heavy atom. The van der Waals surface area contributed by atoms with Crippen molar-refractivity contribution in [3.8, 4) is 0 Å². The molecule has 1 saturated heterocycles. The summed E-state index contributed by atoms with van der Waals surface area (Å²) in [6, 6.07) is 6.31. The zero-order chi connectivity index (χ0) is 13.4. The smallest absolute Gasteiger partial charge is 0.310 e. The average molecular weight is 260 g/mol. The molecule has 1 heterocycles. The van der Waals surface area contributed by atoms with Gasteiger partial charge in [-0.05, 0) is 43.1 Å². The first-order chi connectivity index (χ1) is 9.15. The van der Waals surface area contributed by atoms with Crippen LogP contribution in [0.5, 0.6) is 0 Å². The van der Waals surface area contributed by atoms with Crippen LogP contribution in [0.25, 0.3) is 0 Å². The lowest BCUT2D eigenvalue weighted by molar-refractivity contribution is -0.138. The van der Waals surface area contributed by atoms with E-state index in [1.807, 2.05) is 6.07 Å². The van der Waals surface area contributed by atoms with Crippen molar-refractivity contribution in [3.63, 3.8) is 0 Å². The topological polar surface area (TPSA) is 43.8 Å². The van der Waals surface area contributed by atoms with Crippen LogP contribution in [0.1, 0.15) is 23.5 Å². The van der Waals surface area contributed by atoms with Gasteiger partial charge in [0.2, 0.25) is 0 Å². The maximum Gasteiger partial charge on any atom is 0.310 e. The van der Waals surface area contributed by atoms with Crippen LogP contribution in [0.2, 0.25) is 0 Å². The fraction of sp³-hybridized carbons (Fsp3) is 0.533. The van der Waals surface area contributed by atoms with E-state index < -0.39 is 5.97 Å². The molecule has 1 atom stereocenters. The van der Waals surface area contributed by atoms with Gasteiger partial charge in [-0.25, -0.2) is 0 Å². The third-order valence-electron chi connectivity index (χ3n) is 4.37. The molecule has 19 heavy (non-hydrogen) atoms. The maximum atomic E-state index is 11.2. The Balaban J connectivity index is 1.81. The zero-order valence-corrected chi connectivity index (χ0v) is 11.3. The second kappa shape index (κ2) is 4.85. The number of likely N-dealkylation sites (N-methyl/N-ethyl adjacent to an activating group) is 1. The minimum atomic E-state index is -0.689. The molecular weight excluding hydrogens is 240 g/mol. The SMILES string of the molecule is CN1CCN(c2ccc3c(c2)CCC3C(=O)O)CC1. The van der Waals surface area contributed by atoms with E-state index in [0.29, 0.717) is 0 Å². The fourth-order valence-electron chi connectivity index (χ4n) is 3.12. The van der Waals surface area contributed by atoms with Crippen molar-refractivity contribution in [1.82, 2.24) is 4.90 Å². The van der Waals surface area contributed by atoms with E-state index >= 15 is 0 Å². The molecule has 4 heteroatoms. The highest BCUT2D eigenvalue weighted by molar-refractivity contribution is 5.78. The van der Waals surface area contributed by atoms with Gasteiger partial charge in [-0.1, -0.05) is 6.07 Å². The summed E-state index contributed by atoms with van der Waals surface area (Å²) >= 11 is 0. The highest BCUT2D eigenvalue weighted by atomic mass is 16.4. The monoisotopic (exact) mass is 260 g/mol. The molecule has 0 spiro atoms. The van der Waals surface area contributed by atoms with Gasteiger partial charge in [-0.15, -0.1) is 0 Å². The highest BCUT2D eigenvalue weighted by Gasteiger charge is 2.28. The number of rotatable bonds is 2. The molecule has 1 aromatic rings. The van der Waals surface area contributed by atoms with Gasteiger partial charge in [0.1, 0.15) is 0 Å². The lowest BCUT2D eigenvalue weighted by Crippen LogP contribution is -2.44. The van der Waals surface area contributed by atoms with Crippen molar-refractivity contribution in [2.75, 3.05) is 38.1 Å². The summed E-state index contributed by atoms with van der Waals surface area (Å²) in [5.41, 5.74) is 3.49. The summed E-state index contributed by atoms with van der Waals surface area (Å²) in [6.45, 7) is 4.29. The molecule has 4 nitrogen and oxygen atoms in total. The van der Waals surface area contributed by atoms with Crippen LogP contribution >= 0.6 is 0 Å². The van der Waals surface area contributed by atoms with Crippen LogP contribution in [-0.2, 0) is 11.2 Å². The number of nitrogens with zero attached hydrogens (tertiary/aromatic N) is 2. The minimum Gasteiger partial charge on any atom is -0.481 e. The first kappa shape index (κ1) is 12.5. The Kier molecular flexibility index (Phi) is 3.19. The molecule has 3 rings (SSSR count). The second-order valence-corrected chi connectivity index (χ2v) is 5.60. The molecule has 1 fully saturated rings. The predicted octanol–water partition coefficient (Wildman–Crippen LogP) is 1.55. The van der Waals surface area contributed by atoms with E-state index in [0.717, 1.165) is 44.6 Å². The van der Waals surface area contributed by atoms with Gasteiger partial charge in [-0.2, -0.15) is 0 Å². The van der Waals surface area contributed by atoms with E-state index in [9.17, 15) is 9.90 Å². The Hall–Kier alpha value is -1.55. The van der Waals surface area contributed by atoms with Crippen molar-refractivity contribution < 1.29 is 9.90 Å². The average Bonchev–Trinajstić information content (AvgIpc) is 2.82. The summed E-state index contributed by atoms with van der Waals surface area (Å²) in [6.07, 6.45) is 1.64. The number of carboxylic acid groups (broad SMARTS) is 1. The van der Waals surface area contributed by atoms with Crippen molar-refractivity contribution in [2.24, 2.45) is 0 Å². The molecule has 1 unspecified atom stereocenters. The molecule has 0 amide bonds.